The number of hydrogen-bond donors (Lipinski definition) is 2. The molecule has 0 aromatic heterocycles. The monoisotopic (exact) mass is 247 g/mol. The summed E-state index contributed by atoms with van der Waals surface area (Å²) in [6.45, 7) is 2.92. The zero-order valence-electron chi connectivity index (χ0n) is 9.75. The smallest absolute Gasteiger partial charge is 0.301 e. The van der Waals surface area contributed by atoms with Crippen molar-refractivity contribution in [2.24, 2.45) is 5.73 Å². The SMILES string of the molecule is CCC(O)C(F)(F)c1cccc(C(C)N)c1F. The Morgan fingerprint density at radius 1 is 1.41 bits per heavy atom. The summed E-state index contributed by atoms with van der Waals surface area (Å²) in [6.07, 6.45) is -2.06. The van der Waals surface area contributed by atoms with Gasteiger partial charge in [0, 0.05) is 11.6 Å². The molecule has 2 nitrogen and oxygen atoms in total. The Morgan fingerprint density at radius 2 is 2.00 bits per heavy atom. The van der Waals surface area contributed by atoms with Crippen LogP contribution in [0.5, 0.6) is 0 Å². The third kappa shape index (κ3) is 2.61. The van der Waals surface area contributed by atoms with Crippen LogP contribution in [0.2, 0.25) is 0 Å². The van der Waals surface area contributed by atoms with Gasteiger partial charge in [0.05, 0.1) is 5.56 Å². The Balaban J connectivity index is 3.27. The van der Waals surface area contributed by atoms with E-state index in [1.54, 1.807) is 0 Å². The van der Waals surface area contributed by atoms with Crippen molar-refractivity contribution in [3.63, 3.8) is 0 Å². The lowest BCUT2D eigenvalue weighted by atomic mass is 9.96. The molecule has 0 amide bonds. The van der Waals surface area contributed by atoms with Crippen molar-refractivity contribution < 1.29 is 18.3 Å². The predicted octanol–water partition coefficient (Wildman–Crippen LogP) is 2.71. The molecule has 0 spiro atoms. The minimum atomic E-state index is -3.61. The van der Waals surface area contributed by atoms with Crippen molar-refractivity contribution in [1.82, 2.24) is 0 Å². The zero-order valence-corrected chi connectivity index (χ0v) is 9.75. The number of nitrogens with two attached hydrogens (primary N) is 1. The topological polar surface area (TPSA) is 46.2 Å². The van der Waals surface area contributed by atoms with Gasteiger partial charge in [0.1, 0.15) is 11.9 Å². The first-order chi connectivity index (χ1) is 7.82. The summed E-state index contributed by atoms with van der Waals surface area (Å²) in [6, 6.07) is 2.97. The van der Waals surface area contributed by atoms with E-state index in [2.05, 4.69) is 0 Å². The van der Waals surface area contributed by atoms with Crippen LogP contribution in [0.15, 0.2) is 18.2 Å². The molecule has 2 unspecified atom stereocenters. The van der Waals surface area contributed by atoms with Crippen LogP contribution in [0.25, 0.3) is 0 Å². The highest BCUT2D eigenvalue weighted by atomic mass is 19.3. The minimum Gasteiger partial charge on any atom is -0.386 e. The van der Waals surface area contributed by atoms with Gasteiger partial charge in [-0.25, -0.2) is 4.39 Å². The van der Waals surface area contributed by atoms with Crippen molar-refractivity contribution in [1.29, 1.82) is 0 Å². The fraction of sp³-hybridized carbons (Fsp3) is 0.500. The van der Waals surface area contributed by atoms with Crippen LogP contribution in [-0.4, -0.2) is 11.2 Å². The molecule has 0 bridgehead atoms. The lowest BCUT2D eigenvalue weighted by molar-refractivity contribution is -0.118. The molecule has 1 aromatic carbocycles. The molecule has 0 saturated heterocycles. The maximum atomic E-state index is 13.8. The Labute approximate surface area is 98.3 Å². The molecule has 5 heteroatoms. The molecule has 0 aliphatic heterocycles. The van der Waals surface area contributed by atoms with Crippen molar-refractivity contribution in [3.05, 3.63) is 35.1 Å². The number of halogens is 3. The maximum Gasteiger partial charge on any atom is 0.301 e. The summed E-state index contributed by atoms with van der Waals surface area (Å²) in [4.78, 5) is 0. The first kappa shape index (κ1) is 14.0. The molecule has 96 valence electrons. The van der Waals surface area contributed by atoms with Crippen molar-refractivity contribution >= 4 is 0 Å². The van der Waals surface area contributed by atoms with Crippen LogP contribution >= 0.6 is 0 Å². The highest BCUT2D eigenvalue weighted by Crippen LogP contribution is 2.36. The highest BCUT2D eigenvalue weighted by molar-refractivity contribution is 5.31. The average molecular weight is 247 g/mol. The second-order valence-electron chi connectivity index (χ2n) is 4.04. The van der Waals surface area contributed by atoms with Crippen LogP contribution in [-0.2, 0) is 5.92 Å². The molecule has 0 aliphatic rings. The lowest BCUT2D eigenvalue weighted by Crippen LogP contribution is -2.31. The minimum absolute atomic E-state index is 0.0190. The number of hydrogen-bond acceptors (Lipinski definition) is 2. The van der Waals surface area contributed by atoms with E-state index < -0.39 is 29.4 Å². The van der Waals surface area contributed by atoms with E-state index in [4.69, 9.17) is 5.73 Å². The summed E-state index contributed by atoms with van der Waals surface area (Å²) < 4.78 is 41.3. The van der Waals surface area contributed by atoms with Gasteiger partial charge in [0.25, 0.3) is 0 Å². The molecule has 2 atom stereocenters. The molecular formula is C12H16F3NO. The summed E-state index contributed by atoms with van der Waals surface area (Å²) in [5, 5.41) is 9.25. The molecule has 1 aromatic rings. The van der Waals surface area contributed by atoms with Crippen molar-refractivity contribution in [3.8, 4) is 0 Å². The van der Waals surface area contributed by atoms with Gasteiger partial charge in [0.15, 0.2) is 0 Å². The molecule has 0 fully saturated rings. The number of rotatable bonds is 4. The molecule has 17 heavy (non-hydrogen) atoms. The highest BCUT2D eigenvalue weighted by Gasteiger charge is 2.42. The van der Waals surface area contributed by atoms with Crippen LogP contribution < -0.4 is 5.73 Å². The van der Waals surface area contributed by atoms with Gasteiger partial charge >= 0.3 is 5.92 Å². The van der Waals surface area contributed by atoms with Crippen LogP contribution in [0.1, 0.15) is 37.4 Å². The van der Waals surface area contributed by atoms with Crippen molar-refractivity contribution in [2.45, 2.75) is 38.3 Å². The van der Waals surface area contributed by atoms with Gasteiger partial charge < -0.3 is 10.8 Å². The summed E-state index contributed by atoms with van der Waals surface area (Å²) in [5.41, 5.74) is 4.70. The third-order valence-corrected chi connectivity index (χ3v) is 2.68. The second kappa shape index (κ2) is 5.06. The van der Waals surface area contributed by atoms with Crippen molar-refractivity contribution in [2.75, 3.05) is 0 Å². The fourth-order valence-corrected chi connectivity index (χ4v) is 1.59. The molecule has 1 rings (SSSR count). The van der Waals surface area contributed by atoms with E-state index in [0.717, 1.165) is 6.07 Å². The number of alkyl halides is 2. The number of benzene rings is 1. The lowest BCUT2D eigenvalue weighted by Gasteiger charge is -2.23. The third-order valence-electron chi connectivity index (χ3n) is 2.68. The average Bonchev–Trinajstić information content (AvgIpc) is 2.27. The van der Waals surface area contributed by atoms with Crippen LogP contribution in [0.4, 0.5) is 13.2 Å². The van der Waals surface area contributed by atoms with Gasteiger partial charge in [-0.15, -0.1) is 0 Å². The van der Waals surface area contributed by atoms with Gasteiger partial charge in [-0.2, -0.15) is 8.78 Å². The summed E-state index contributed by atoms with van der Waals surface area (Å²) >= 11 is 0. The normalized spacial score (nSPS) is 15.7. The first-order valence-electron chi connectivity index (χ1n) is 5.42. The molecule has 0 aliphatic carbocycles. The standard InChI is InChI=1S/C12H16F3NO/c1-3-10(17)12(14,15)9-6-4-5-8(7(2)16)11(9)13/h4-7,10,17H,3,16H2,1-2H3. The summed E-state index contributed by atoms with van der Waals surface area (Å²) in [5.74, 6) is -4.65. The van der Waals surface area contributed by atoms with Gasteiger partial charge in [-0.1, -0.05) is 19.1 Å². The van der Waals surface area contributed by atoms with E-state index in [1.807, 2.05) is 0 Å². The Bertz CT molecular complexity index is 393. The number of aliphatic hydroxyl groups excluding tert-OH is 1. The van der Waals surface area contributed by atoms with Gasteiger partial charge in [-0.05, 0) is 19.4 Å². The Kier molecular flexibility index (Phi) is 4.16. The maximum absolute atomic E-state index is 13.8. The number of aliphatic hydroxyl groups is 1. The van der Waals surface area contributed by atoms with Crippen LogP contribution in [0.3, 0.4) is 0 Å². The van der Waals surface area contributed by atoms with E-state index in [0.29, 0.717) is 0 Å². The quantitative estimate of drug-likeness (QED) is 0.859. The molecule has 3 N–H and O–H groups in total. The Morgan fingerprint density at radius 3 is 2.47 bits per heavy atom. The predicted molar refractivity (Wildman–Crippen MR) is 59.2 cm³/mol. The van der Waals surface area contributed by atoms with Crippen LogP contribution in [0, 0.1) is 5.82 Å². The second-order valence-corrected chi connectivity index (χ2v) is 4.04. The van der Waals surface area contributed by atoms with E-state index >= 15 is 0 Å². The zero-order chi connectivity index (χ0) is 13.2. The molecule has 0 heterocycles. The van der Waals surface area contributed by atoms with E-state index in [-0.39, 0.29) is 12.0 Å². The van der Waals surface area contributed by atoms with E-state index in [1.165, 1.54) is 26.0 Å². The molecule has 0 radical (unpaired) electrons. The fourth-order valence-electron chi connectivity index (χ4n) is 1.59. The largest absolute Gasteiger partial charge is 0.386 e. The van der Waals surface area contributed by atoms with Gasteiger partial charge in [0.2, 0.25) is 0 Å². The first-order valence-corrected chi connectivity index (χ1v) is 5.42. The summed E-state index contributed by atoms with van der Waals surface area (Å²) in [7, 11) is 0. The molecular weight excluding hydrogens is 231 g/mol. The van der Waals surface area contributed by atoms with E-state index in [9.17, 15) is 18.3 Å². The Hall–Kier alpha value is -1.07. The molecule has 0 saturated carbocycles. The van der Waals surface area contributed by atoms with Gasteiger partial charge in [-0.3, -0.25) is 0 Å².